The summed E-state index contributed by atoms with van der Waals surface area (Å²) in [4.78, 5) is 4.00. The van der Waals surface area contributed by atoms with Gasteiger partial charge in [0.15, 0.2) is 0 Å². The standard InChI is InChI=1S/C15H20BrN3O/c1-2-13(17)9-12-10-14(3-4-15(12)16)20-8-7-19-6-5-18-11-19/h3-6,10-11,13H,2,7-9,17H2,1H3. The predicted molar refractivity (Wildman–Crippen MR) is 83.8 cm³/mol. The van der Waals surface area contributed by atoms with Gasteiger partial charge in [0.25, 0.3) is 0 Å². The number of aromatic nitrogens is 2. The molecule has 2 aromatic rings. The Labute approximate surface area is 128 Å². The molecule has 20 heavy (non-hydrogen) atoms. The molecule has 0 spiro atoms. The number of imidazole rings is 1. The van der Waals surface area contributed by atoms with E-state index in [4.69, 9.17) is 10.5 Å². The lowest BCUT2D eigenvalue weighted by atomic mass is 10.0. The number of nitrogens with two attached hydrogens (primary N) is 1. The average molecular weight is 338 g/mol. The largest absolute Gasteiger partial charge is 0.492 e. The molecule has 5 heteroatoms. The second-order valence-corrected chi connectivity index (χ2v) is 5.63. The summed E-state index contributed by atoms with van der Waals surface area (Å²) >= 11 is 3.56. The van der Waals surface area contributed by atoms with Crippen LogP contribution in [0.3, 0.4) is 0 Å². The molecule has 1 unspecified atom stereocenters. The lowest BCUT2D eigenvalue weighted by Gasteiger charge is -2.13. The molecule has 0 radical (unpaired) electrons. The highest BCUT2D eigenvalue weighted by Gasteiger charge is 2.07. The molecule has 0 aliphatic rings. The van der Waals surface area contributed by atoms with Gasteiger partial charge in [-0.25, -0.2) is 4.98 Å². The molecule has 0 aliphatic carbocycles. The molecule has 1 aromatic carbocycles. The molecular formula is C15H20BrN3O. The van der Waals surface area contributed by atoms with E-state index in [-0.39, 0.29) is 6.04 Å². The minimum atomic E-state index is 0.187. The van der Waals surface area contributed by atoms with Crippen LogP contribution in [0.1, 0.15) is 18.9 Å². The number of hydrogen-bond donors (Lipinski definition) is 1. The highest BCUT2D eigenvalue weighted by Crippen LogP contribution is 2.24. The van der Waals surface area contributed by atoms with Crippen LogP contribution in [-0.2, 0) is 13.0 Å². The molecular weight excluding hydrogens is 318 g/mol. The lowest BCUT2D eigenvalue weighted by molar-refractivity contribution is 0.298. The molecule has 0 saturated heterocycles. The molecule has 4 nitrogen and oxygen atoms in total. The number of rotatable bonds is 7. The highest BCUT2D eigenvalue weighted by molar-refractivity contribution is 9.10. The monoisotopic (exact) mass is 337 g/mol. The van der Waals surface area contributed by atoms with Crippen molar-refractivity contribution in [1.29, 1.82) is 0 Å². The van der Waals surface area contributed by atoms with E-state index in [1.807, 2.05) is 22.9 Å². The van der Waals surface area contributed by atoms with E-state index in [2.05, 4.69) is 33.9 Å². The van der Waals surface area contributed by atoms with Gasteiger partial charge in [0.1, 0.15) is 12.4 Å². The van der Waals surface area contributed by atoms with Gasteiger partial charge in [0.2, 0.25) is 0 Å². The first-order valence-electron chi connectivity index (χ1n) is 6.81. The Bertz CT molecular complexity index is 528. The zero-order chi connectivity index (χ0) is 14.4. The minimum Gasteiger partial charge on any atom is -0.492 e. The summed E-state index contributed by atoms with van der Waals surface area (Å²) in [6.45, 7) is 3.52. The van der Waals surface area contributed by atoms with Gasteiger partial charge in [-0.3, -0.25) is 0 Å². The Morgan fingerprint density at radius 2 is 2.30 bits per heavy atom. The molecule has 2 N–H and O–H groups in total. The Balaban J connectivity index is 1.92. The summed E-state index contributed by atoms with van der Waals surface area (Å²) in [5, 5.41) is 0. The molecule has 1 atom stereocenters. The van der Waals surface area contributed by atoms with E-state index in [0.29, 0.717) is 6.61 Å². The molecule has 1 aromatic heterocycles. The molecule has 108 valence electrons. The van der Waals surface area contributed by atoms with E-state index in [1.165, 1.54) is 5.56 Å². The van der Waals surface area contributed by atoms with Gasteiger partial charge in [-0.15, -0.1) is 0 Å². The van der Waals surface area contributed by atoms with Gasteiger partial charge in [0, 0.05) is 22.9 Å². The fourth-order valence-corrected chi connectivity index (χ4v) is 2.32. The predicted octanol–water partition coefficient (Wildman–Crippen LogP) is 3.00. The highest BCUT2D eigenvalue weighted by atomic mass is 79.9. The minimum absolute atomic E-state index is 0.187. The lowest BCUT2D eigenvalue weighted by Crippen LogP contribution is -2.21. The third kappa shape index (κ3) is 4.35. The fraction of sp³-hybridized carbons (Fsp3) is 0.400. The maximum atomic E-state index is 6.02. The molecule has 0 amide bonds. The Morgan fingerprint density at radius 3 is 3.00 bits per heavy atom. The van der Waals surface area contributed by atoms with Gasteiger partial charge in [-0.1, -0.05) is 22.9 Å². The van der Waals surface area contributed by atoms with Gasteiger partial charge in [0.05, 0.1) is 12.9 Å². The maximum Gasteiger partial charge on any atom is 0.119 e. The topological polar surface area (TPSA) is 53.1 Å². The second-order valence-electron chi connectivity index (χ2n) is 4.77. The summed E-state index contributed by atoms with van der Waals surface area (Å²) in [7, 11) is 0. The van der Waals surface area contributed by atoms with Crippen molar-refractivity contribution in [3.63, 3.8) is 0 Å². The van der Waals surface area contributed by atoms with Crippen LogP contribution in [0.2, 0.25) is 0 Å². The zero-order valence-electron chi connectivity index (χ0n) is 11.6. The molecule has 0 bridgehead atoms. The van der Waals surface area contributed by atoms with Crippen LogP contribution in [0.25, 0.3) is 0 Å². The van der Waals surface area contributed by atoms with Crippen LogP contribution in [0.15, 0.2) is 41.4 Å². The smallest absolute Gasteiger partial charge is 0.119 e. The summed E-state index contributed by atoms with van der Waals surface area (Å²) in [5.74, 6) is 0.881. The van der Waals surface area contributed by atoms with Crippen LogP contribution in [-0.4, -0.2) is 22.2 Å². The summed E-state index contributed by atoms with van der Waals surface area (Å²) in [6, 6.07) is 6.24. The quantitative estimate of drug-likeness (QED) is 0.844. The van der Waals surface area contributed by atoms with Crippen LogP contribution >= 0.6 is 15.9 Å². The van der Waals surface area contributed by atoms with Crippen LogP contribution < -0.4 is 10.5 Å². The van der Waals surface area contributed by atoms with Crippen molar-refractivity contribution in [1.82, 2.24) is 9.55 Å². The van der Waals surface area contributed by atoms with E-state index in [9.17, 15) is 0 Å². The normalized spacial score (nSPS) is 12.3. The van der Waals surface area contributed by atoms with Crippen LogP contribution in [0.5, 0.6) is 5.75 Å². The first kappa shape index (κ1) is 15.1. The van der Waals surface area contributed by atoms with E-state index >= 15 is 0 Å². The van der Waals surface area contributed by atoms with Crippen molar-refractivity contribution in [3.8, 4) is 5.75 Å². The maximum absolute atomic E-state index is 6.02. The van der Waals surface area contributed by atoms with Crippen molar-refractivity contribution in [2.75, 3.05) is 6.61 Å². The SMILES string of the molecule is CCC(N)Cc1cc(OCCn2ccnc2)ccc1Br. The number of ether oxygens (including phenoxy) is 1. The van der Waals surface area contributed by atoms with Crippen molar-refractivity contribution in [2.24, 2.45) is 5.73 Å². The van der Waals surface area contributed by atoms with Crippen molar-refractivity contribution >= 4 is 15.9 Å². The Kier molecular flexibility index (Phi) is 5.61. The third-order valence-electron chi connectivity index (χ3n) is 3.20. The van der Waals surface area contributed by atoms with Crippen LogP contribution in [0.4, 0.5) is 0 Å². The third-order valence-corrected chi connectivity index (χ3v) is 3.97. The fourth-order valence-electron chi connectivity index (χ4n) is 1.91. The molecule has 1 heterocycles. The van der Waals surface area contributed by atoms with Gasteiger partial charge < -0.3 is 15.0 Å². The number of benzene rings is 1. The van der Waals surface area contributed by atoms with Crippen molar-refractivity contribution in [3.05, 3.63) is 47.0 Å². The number of hydrogen-bond acceptors (Lipinski definition) is 3. The molecule has 0 aliphatic heterocycles. The van der Waals surface area contributed by atoms with E-state index in [1.54, 1.807) is 12.5 Å². The first-order valence-corrected chi connectivity index (χ1v) is 7.61. The Morgan fingerprint density at radius 1 is 1.45 bits per heavy atom. The first-order chi connectivity index (χ1) is 9.69. The summed E-state index contributed by atoms with van der Waals surface area (Å²) < 4.78 is 8.86. The van der Waals surface area contributed by atoms with Gasteiger partial charge >= 0.3 is 0 Å². The van der Waals surface area contributed by atoms with Gasteiger partial charge in [-0.2, -0.15) is 0 Å². The number of nitrogens with zero attached hydrogens (tertiary/aromatic N) is 2. The van der Waals surface area contributed by atoms with Crippen LogP contribution in [0, 0.1) is 0 Å². The second kappa shape index (κ2) is 7.45. The van der Waals surface area contributed by atoms with Gasteiger partial charge in [-0.05, 0) is 36.6 Å². The summed E-state index contributed by atoms with van der Waals surface area (Å²) in [5.41, 5.74) is 7.21. The Hall–Kier alpha value is -1.33. The average Bonchev–Trinajstić information content (AvgIpc) is 2.95. The molecule has 0 saturated carbocycles. The number of halogens is 1. The van der Waals surface area contributed by atoms with Crippen molar-refractivity contribution < 1.29 is 4.74 Å². The zero-order valence-corrected chi connectivity index (χ0v) is 13.2. The van der Waals surface area contributed by atoms with E-state index in [0.717, 1.165) is 29.6 Å². The molecule has 2 rings (SSSR count). The van der Waals surface area contributed by atoms with E-state index < -0.39 is 0 Å². The van der Waals surface area contributed by atoms with Crippen molar-refractivity contribution in [2.45, 2.75) is 32.4 Å². The molecule has 0 fully saturated rings. The summed E-state index contributed by atoms with van der Waals surface area (Å²) in [6.07, 6.45) is 7.31.